The number of rotatable bonds is 8. The summed E-state index contributed by atoms with van der Waals surface area (Å²) < 4.78 is 10.4. The van der Waals surface area contributed by atoms with E-state index in [2.05, 4.69) is 5.32 Å². The Balaban J connectivity index is 2.10. The zero-order valence-electron chi connectivity index (χ0n) is 15.8. The predicted octanol–water partition coefficient (Wildman–Crippen LogP) is 3.07. The van der Waals surface area contributed by atoms with Crippen molar-refractivity contribution in [3.63, 3.8) is 0 Å². The molecule has 1 amide bonds. The molecule has 0 aliphatic carbocycles. The molecule has 1 N–H and O–H groups in total. The van der Waals surface area contributed by atoms with Gasteiger partial charge in [-0.25, -0.2) is 0 Å². The molecular formula is C19H23N3O5. The SMILES string of the molecule is COc1cccc(CN(C)C(C)C(=O)Nc2cc([N+](=O)[O-])ccc2OC)c1. The Kier molecular flexibility index (Phi) is 6.73. The molecule has 0 bridgehead atoms. The minimum absolute atomic E-state index is 0.122. The summed E-state index contributed by atoms with van der Waals surface area (Å²) in [7, 11) is 4.87. The highest BCUT2D eigenvalue weighted by Gasteiger charge is 2.21. The molecular weight excluding hydrogens is 350 g/mol. The number of carbonyl (C=O) groups is 1. The van der Waals surface area contributed by atoms with Crippen molar-refractivity contribution in [3.8, 4) is 11.5 Å². The highest BCUT2D eigenvalue weighted by molar-refractivity contribution is 5.96. The molecule has 0 saturated carbocycles. The van der Waals surface area contributed by atoms with Gasteiger partial charge in [0.25, 0.3) is 5.69 Å². The number of nitro groups is 1. The zero-order chi connectivity index (χ0) is 20.0. The highest BCUT2D eigenvalue weighted by atomic mass is 16.6. The molecule has 8 nitrogen and oxygen atoms in total. The fourth-order valence-corrected chi connectivity index (χ4v) is 2.54. The van der Waals surface area contributed by atoms with Gasteiger partial charge in [-0.1, -0.05) is 12.1 Å². The number of carbonyl (C=O) groups excluding carboxylic acids is 1. The molecule has 1 unspecified atom stereocenters. The van der Waals surface area contributed by atoms with Gasteiger partial charge in [0.05, 0.1) is 30.9 Å². The van der Waals surface area contributed by atoms with Crippen LogP contribution in [0.25, 0.3) is 0 Å². The molecule has 2 aromatic carbocycles. The number of nitro benzene ring substituents is 1. The third-order valence-corrected chi connectivity index (χ3v) is 4.26. The molecule has 0 aliphatic rings. The van der Waals surface area contributed by atoms with Crippen LogP contribution in [0.15, 0.2) is 42.5 Å². The van der Waals surface area contributed by atoms with Crippen molar-refractivity contribution in [2.45, 2.75) is 19.5 Å². The predicted molar refractivity (Wildman–Crippen MR) is 102 cm³/mol. The first-order chi connectivity index (χ1) is 12.8. The Morgan fingerprint density at radius 1 is 1.22 bits per heavy atom. The van der Waals surface area contributed by atoms with Gasteiger partial charge in [0, 0.05) is 18.7 Å². The van der Waals surface area contributed by atoms with Crippen LogP contribution < -0.4 is 14.8 Å². The second kappa shape index (κ2) is 9.00. The summed E-state index contributed by atoms with van der Waals surface area (Å²) in [5.74, 6) is 0.815. The summed E-state index contributed by atoms with van der Waals surface area (Å²) in [4.78, 5) is 24.9. The summed E-state index contributed by atoms with van der Waals surface area (Å²) in [5, 5.41) is 13.7. The van der Waals surface area contributed by atoms with E-state index in [0.29, 0.717) is 12.3 Å². The van der Waals surface area contributed by atoms with E-state index < -0.39 is 11.0 Å². The lowest BCUT2D eigenvalue weighted by Gasteiger charge is -2.24. The van der Waals surface area contributed by atoms with Gasteiger partial charge < -0.3 is 14.8 Å². The first-order valence-electron chi connectivity index (χ1n) is 8.32. The molecule has 1 atom stereocenters. The molecule has 8 heteroatoms. The Morgan fingerprint density at radius 2 is 1.96 bits per heavy atom. The Labute approximate surface area is 157 Å². The number of amides is 1. The fourth-order valence-electron chi connectivity index (χ4n) is 2.54. The molecule has 0 aliphatic heterocycles. The molecule has 144 valence electrons. The first kappa shape index (κ1) is 20.2. The Hall–Kier alpha value is -3.13. The van der Waals surface area contributed by atoms with Crippen LogP contribution >= 0.6 is 0 Å². The van der Waals surface area contributed by atoms with Crippen LogP contribution in [0.4, 0.5) is 11.4 Å². The van der Waals surface area contributed by atoms with Gasteiger partial charge >= 0.3 is 0 Å². The first-order valence-corrected chi connectivity index (χ1v) is 8.32. The lowest BCUT2D eigenvalue weighted by molar-refractivity contribution is -0.384. The topological polar surface area (TPSA) is 93.9 Å². The number of nitrogens with zero attached hydrogens (tertiary/aromatic N) is 2. The highest BCUT2D eigenvalue weighted by Crippen LogP contribution is 2.29. The summed E-state index contributed by atoms with van der Waals surface area (Å²) in [6, 6.07) is 11.2. The maximum Gasteiger partial charge on any atom is 0.271 e. The van der Waals surface area contributed by atoms with E-state index in [1.165, 1.54) is 25.3 Å². The van der Waals surface area contributed by atoms with Gasteiger partial charge in [-0.2, -0.15) is 0 Å². The van der Waals surface area contributed by atoms with Crippen LogP contribution in [-0.4, -0.2) is 43.0 Å². The number of hydrogen-bond donors (Lipinski definition) is 1. The van der Waals surface area contributed by atoms with E-state index in [-0.39, 0.29) is 17.3 Å². The van der Waals surface area contributed by atoms with Gasteiger partial charge in [-0.15, -0.1) is 0 Å². The van der Waals surface area contributed by atoms with Crippen molar-refractivity contribution in [1.82, 2.24) is 4.90 Å². The van der Waals surface area contributed by atoms with Crippen molar-refractivity contribution in [3.05, 3.63) is 58.1 Å². The van der Waals surface area contributed by atoms with E-state index in [9.17, 15) is 14.9 Å². The molecule has 0 fully saturated rings. The average Bonchev–Trinajstić information content (AvgIpc) is 2.67. The molecule has 27 heavy (non-hydrogen) atoms. The average molecular weight is 373 g/mol. The van der Waals surface area contributed by atoms with Crippen LogP contribution in [0, 0.1) is 10.1 Å². The quantitative estimate of drug-likeness (QED) is 0.564. The standard InChI is InChI=1S/C19H23N3O5/c1-13(21(2)12-14-6-5-7-16(10-14)26-3)19(23)20-17-11-15(22(24)25)8-9-18(17)27-4/h5-11,13H,12H2,1-4H3,(H,20,23). The van der Waals surface area contributed by atoms with Crippen LogP contribution in [0.1, 0.15) is 12.5 Å². The lowest BCUT2D eigenvalue weighted by atomic mass is 10.1. The molecule has 2 aromatic rings. The molecule has 0 spiro atoms. The van der Waals surface area contributed by atoms with Crippen LogP contribution in [0.5, 0.6) is 11.5 Å². The minimum Gasteiger partial charge on any atom is -0.497 e. The third kappa shape index (κ3) is 5.18. The minimum atomic E-state index is -0.520. The smallest absolute Gasteiger partial charge is 0.271 e. The molecule has 2 rings (SSSR count). The van der Waals surface area contributed by atoms with Gasteiger partial charge in [0.2, 0.25) is 5.91 Å². The fraction of sp³-hybridized carbons (Fsp3) is 0.316. The largest absolute Gasteiger partial charge is 0.497 e. The number of likely N-dealkylation sites (N-methyl/N-ethyl adjacent to an activating group) is 1. The summed E-state index contributed by atoms with van der Waals surface area (Å²) >= 11 is 0. The van der Waals surface area contributed by atoms with Gasteiger partial charge in [-0.05, 0) is 37.7 Å². The molecule has 0 saturated heterocycles. The number of ether oxygens (including phenoxy) is 2. The van der Waals surface area contributed by atoms with Crippen molar-refractivity contribution < 1.29 is 19.2 Å². The maximum absolute atomic E-state index is 12.6. The normalized spacial score (nSPS) is 11.7. The number of non-ortho nitro benzene ring substituents is 1. The molecule has 0 aromatic heterocycles. The maximum atomic E-state index is 12.6. The zero-order valence-corrected chi connectivity index (χ0v) is 15.8. The van der Waals surface area contributed by atoms with Crippen molar-refractivity contribution in [2.75, 3.05) is 26.6 Å². The number of anilines is 1. The molecule has 0 heterocycles. The number of benzene rings is 2. The Morgan fingerprint density at radius 3 is 2.59 bits per heavy atom. The van der Waals surface area contributed by atoms with Crippen LogP contribution in [0.2, 0.25) is 0 Å². The van der Waals surface area contributed by atoms with Crippen LogP contribution in [0.3, 0.4) is 0 Å². The van der Waals surface area contributed by atoms with Crippen molar-refractivity contribution in [2.24, 2.45) is 0 Å². The van der Waals surface area contributed by atoms with E-state index in [4.69, 9.17) is 9.47 Å². The van der Waals surface area contributed by atoms with Crippen LogP contribution in [-0.2, 0) is 11.3 Å². The number of methoxy groups -OCH3 is 2. The van der Waals surface area contributed by atoms with Crippen molar-refractivity contribution >= 4 is 17.3 Å². The van der Waals surface area contributed by atoms with Crippen molar-refractivity contribution in [1.29, 1.82) is 0 Å². The monoisotopic (exact) mass is 373 g/mol. The van der Waals surface area contributed by atoms with Gasteiger partial charge in [-0.3, -0.25) is 19.8 Å². The summed E-state index contributed by atoms with van der Waals surface area (Å²) in [5.41, 5.74) is 1.14. The Bertz CT molecular complexity index is 825. The third-order valence-electron chi connectivity index (χ3n) is 4.26. The second-order valence-electron chi connectivity index (χ2n) is 6.07. The summed E-state index contributed by atoms with van der Waals surface area (Å²) in [6.45, 7) is 2.30. The molecule has 0 radical (unpaired) electrons. The van der Waals surface area contributed by atoms with E-state index in [1.54, 1.807) is 14.0 Å². The number of hydrogen-bond acceptors (Lipinski definition) is 6. The van der Waals surface area contributed by atoms with Gasteiger partial charge in [0.1, 0.15) is 11.5 Å². The van der Waals surface area contributed by atoms with E-state index >= 15 is 0 Å². The van der Waals surface area contributed by atoms with E-state index in [1.807, 2.05) is 36.2 Å². The number of nitrogens with one attached hydrogen (secondary N) is 1. The van der Waals surface area contributed by atoms with Gasteiger partial charge in [0.15, 0.2) is 0 Å². The lowest BCUT2D eigenvalue weighted by Crippen LogP contribution is -2.39. The second-order valence-corrected chi connectivity index (χ2v) is 6.07. The summed E-state index contributed by atoms with van der Waals surface area (Å²) in [6.07, 6.45) is 0. The van der Waals surface area contributed by atoms with E-state index in [0.717, 1.165) is 11.3 Å².